The lowest BCUT2D eigenvalue weighted by Crippen LogP contribution is -2.46. The van der Waals surface area contributed by atoms with Gasteiger partial charge >= 0.3 is 0 Å². The highest BCUT2D eigenvalue weighted by molar-refractivity contribution is 6.35. The van der Waals surface area contributed by atoms with Crippen LogP contribution < -0.4 is 10.1 Å². The molecule has 6 heteroatoms. The van der Waals surface area contributed by atoms with Gasteiger partial charge in [0.05, 0.1) is 22.8 Å². The van der Waals surface area contributed by atoms with Gasteiger partial charge in [-0.05, 0) is 62.7 Å². The monoisotopic (exact) mass is 392 g/mol. The van der Waals surface area contributed by atoms with E-state index in [-0.39, 0.29) is 11.4 Å². The second kappa shape index (κ2) is 7.10. The normalized spacial score (nSPS) is 16.1. The quantitative estimate of drug-likeness (QED) is 0.796. The van der Waals surface area contributed by atoms with Crippen LogP contribution in [-0.2, 0) is 13.0 Å². The molecule has 0 fully saturated rings. The Kier molecular flexibility index (Phi) is 5.20. The fourth-order valence-corrected chi connectivity index (χ4v) is 3.70. The van der Waals surface area contributed by atoms with Gasteiger partial charge in [-0.1, -0.05) is 29.3 Å². The minimum absolute atomic E-state index is 0.0843. The topological polar surface area (TPSA) is 41.6 Å². The summed E-state index contributed by atoms with van der Waals surface area (Å²) in [6.45, 7) is 5.18. The van der Waals surface area contributed by atoms with Gasteiger partial charge in [-0.25, -0.2) is 0 Å². The molecule has 0 unspecified atom stereocenters. The van der Waals surface area contributed by atoms with Gasteiger partial charge in [0.15, 0.2) is 0 Å². The van der Waals surface area contributed by atoms with E-state index in [1.165, 1.54) is 12.7 Å². The van der Waals surface area contributed by atoms with Gasteiger partial charge in [-0.15, -0.1) is 0 Å². The minimum Gasteiger partial charge on any atom is -0.495 e. The maximum atomic E-state index is 12.6. The number of halogens is 2. The number of methoxy groups -OCH3 is 1. The molecular formula is C20H22Cl2N2O2. The zero-order valence-electron chi connectivity index (χ0n) is 15.3. The summed E-state index contributed by atoms with van der Waals surface area (Å²) in [7, 11) is 3.62. The van der Waals surface area contributed by atoms with Crippen LogP contribution in [0.5, 0.6) is 5.75 Å². The van der Waals surface area contributed by atoms with Crippen LogP contribution >= 0.6 is 23.2 Å². The van der Waals surface area contributed by atoms with Gasteiger partial charge in [0.1, 0.15) is 5.75 Å². The van der Waals surface area contributed by atoms with Crippen LogP contribution in [0, 0.1) is 0 Å². The number of ether oxygens (including phenoxy) is 1. The third kappa shape index (κ3) is 3.54. The average molecular weight is 393 g/mol. The molecule has 1 N–H and O–H groups in total. The third-order valence-electron chi connectivity index (χ3n) is 5.05. The van der Waals surface area contributed by atoms with E-state index in [0.717, 1.165) is 18.5 Å². The molecule has 2 aromatic carbocycles. The summed E-state index contributed by atoms with van der Waals surface area (Å²) in [5.74, 6) is 0.265. The summed E-state index contributed by atoms with van der Waals surface area (Å²) < 4.78 is 5.12. The molecule has 0 spiro atoms. The summed E-state index contributed by atoms with van der Waals surface area (Å²) in [6, 6.07) is 8.84. The second-order valence-electron chi connectivity index (χ2n) is 7.21. The molecule has 0 saturated heterocycles. The Hall–Kier alpha value is -1.75. The first-order valence-electron chi connectivity index (χ1n) is 8.39. The lowest BCUT2D eigenvalue weighted by atomic mass is 9.86. The smallest absolute Gasteiger partial charge is 0.255 e. The third-order valence-corrected chi connectivity index (χ3v) is 5.78. The predicted molar refractivity (Wildman–Crippen MR) is 107 cm³/mol. The number of hydrogen-bond acceptors (Lipinski definition) is 3. The molecule has 26 heavy (non-hydrogen) atoms. The van der Waals surface area contributed by atoms with E-state index in [0.29, 0.717) is 27.0 Å². The van der Waals surface area contributed by atoms with Crippen molar-refractivity contribution >= 4 is 34.8 Å². The van der Waals surface area contributed by atoms with Crippen LogP contribution in [0.3, 0.4) is 0 Å². The highest BCUT2D eigenvalue weighted by Crippen LogP contribution is 2.37. The van der Waals surface area contributed by atoms with Crippen LogP contribution in [0.15, 0.2) is 30.3 Å². The molecule has 0 atom stereocenters. The molecule has 1 aliphatic rings. The first-order chi connectivity index (χ1) is 12.2. The number of anilines is 1. The van der Waals surface area contributed by atoms with Crippen LogP contribution in [0.1, 0.15) is 35.3 Å². The number of rotatable bonds is 3. The largest absolute Gasteiger partial charge is 0.495 e. The van der Waals surface area contributed by atoms with Crippen molar-refractivity contribution in [1.82, 2.24) is 4.90 Å². The fraction of sp³-hybridized carbons (Fsp3) is 0.350. The highest BCUT2D eigenvalue weighted by atomic mass is 35.5. The van der Waals surface area contributed by atoms with Crippen LogP contribution in [-0.4, -0.2) is 30.5 Å². The van der Waals surface area contributed by atoms with Crippen molar-refractivity contribution in [1.29, 1.82) is 0 Å². The number of amides is 1. The van der Waals surface area contributed by atoms with Gasteiger partial charge in [0, 0.05) is 17.6 Å². The Bertz CT molecular complexity index is 865. The van der Waals surface area contributed by atoms with E-state index in [1.54, 1.807) is 18.2 Å². The first-order valence-corrected chi connectivity index (χ1v) is 9.15. The van der Waals surface area contributed by atoms with E-state index in [2.05, 4.69) is 31.1 Å². The van der Waals surface area contributed by atoms with Crippen molar-refractivity contribution in [3.63, 3.8) is 0 Å². The Morgan fingerprint density at radius 2 is 1.96 bits per heavy atom. The number of nitrogens with one attached hydrogen (secondary N) is 1. The summed E-state index contributed by atoms with van der Waals surface area (Å²) in [6.07, 6.45) is 0.918. The number of carbonyl (C=O) groups is 1. The number of nitrogens with zero attached hydrogens (tertiary/aromatic N) is 1. The molecular weight excluding hydrogens is 371 g/mol. The van der Waals surface area contributed by atoms with E-state index in [9.17, 15) is 4.79 Å². The fourth-order valence-electron chi connectivity index (χ4n) is 3.15. The maximum absolute atomic E-state index is 12.6. The molecule has 1 amide bonds. The summed E-state index contributed by atoms with van der Waals surface area (Å²) >= 11 is 12.7. The molecule has 0 aromatic heterocycles. The van der Waals surface area contributed by atoms with Gasteiger partial charge < -0.3 is 10.1 Å². The molecule has 1 aliphatic heterocycles. The number of fused-ring (bicyclic) bond motifs is 1. The van der Waals surface area contributed by atoms with Crippen molar-refractivity contribution in [2.75, 3.05) is 19.5 Å². The van der Waals surface area contributed by atoms with Gasteiger partial charge in [-0.3, -0.25) is 9.69 Å². The zero-order valence-corrected chi connectivity index (χ0v) is 16.8. The number of likely N-dealkylation sites (N-methyl/N-ethyl adjacent to an activating group) is 1. The standard InChI is InChI=1S/C20H22Cl2N2O2/c1-20(2)10-13-5-7-16(18(22)14(13)11-24(20)3)23-19(25)12-6-8-17(26-4)15(21)9-12/h5-9H,10-11H2,1-4H3,(H,23,25). The Labute approximate surface area is 164 Å². The summed E-state index contributed by atoms with van der Waals surface area (Å²) in [4.78, 5) is 14.8. The maximum Gasteiger partial charge on any atom is 0.255 e. The van der Waals surface area contributed by atoms with Gasteiger partial charge in [0.25, 0.3) is 5.91 Å². The average Bonchev–Trinajstić information content (AvgIpc) is 2.59. The van der Waals surface area contributed by atoms with E-state index in [4.69, 9.17) is 27.9 Å². The van der Waals surface area contributed by atoms with Crippen molar-refractivity contribution in [3.05, 3.63) is 57.1 Å². The molecule has 0 radical (unpaired) electrons. The number of hydrogen-bond donors (Lipinski definition) is 1. The molecule has 1 heterocycles. The van der Waals surface area contributed by atoms with E-state index >= 15 is 0 Å². The molecule has 0 saturated carbocycles. The minimum atomic E-state index is -0.263. The Morgan fingerprint density at radius 1 is 1.23 bits per heavy atom. The lowest BCUT2D eigenvalue weighted by Gasteiger charge is -2.41. The van der Waals surface area contributed by atoms with Crippen LogP contribution in [0.2, 0.25) is 10.0 Å². The van der Waals surface area contributed by atoms with Gasteiger partial charge in [-0.2, -0.15) is 0 Å². The SMILES string of the molecule is COc1ccc(C(=O)Nc2ccc3c(c2Cl)CN(C)C(C)(C)C3)cc1Cl. The zero-order chi connectivity index (χ0) is 19.1. The molecule has 4 nitrogen and oxygen atoms in total. The number of benzene rings is 2. The lowest BCUT2D eigenvalue weighted by molar-refractivity contribution is 0.102. The summed E-state index contributed by atoms with van der Waals surface area (Å²) in [5.41, 5.74) is 3.43. The van der Waals surface area contributed by atoms with Crippen LogP contribution in [0.4, 0.5) is 5.69 Å². The van der Waals surface area contributed by atoms with E-state index in [1.807, 2.05) is 12.1 Å². The Morgan fingerprint density at radius 3 is 2.62 bits per heavy atom. The van der Waals surface area contributed by atoms with E-state index < -0.39 is 0 Å². The first kappa shape index (κ1) is 19.0. The molecule has 0 aliphatic carbocycles. The molecule has 3 rings (SSSR count). The predicted octanol–water partition coefficient (Wildman–Crippen LogP) is 5.02. The van der Waals surface area contributed by atoms with Gasteiger partial charge in [0.2, 0.25) is 0 Å². The van der Waals surface area contributed by atoms with Crippen molar-refractivity contribution < 1.29 is 9.53 Å². The number of carbonyl (C=O) groups excluding carboxylic acids is 1. The molecule has 138 valence electrons. The summed E-state index contributed by atoms with van der Waals surface area (Å²) in [5, 5.41) is 3.87. The Balaban J connectivity index is 1.86. The highest BCUT2D eigenvalue weighted by Gasteiger charge is 2.31. The molecule has 0 bridgehead atoms. The van der Waals surface area contributed by atoms with Crippen LogP contribution in [0.25, 0.3) is 0 Å². The van der Waals surface area contributed by atoms with Crippen molar-refractivity contribution in [2.45, 2.75) is 32.4 Å². The second-order valence-corrected chi connectivity index (χ2v) is 8.00. The van der Waals surface area contributed by atoms with Crippen molar-refractivity contribution in [2.24, 2.45) is 0 Å². The van der Waals surface area contributed by atoms with Crippen molar-refractivity contribution in [3.8, 4) is 5.75 Å². The molecule has 2 aromatic rings.